The Kier molecular flexibility index (Phi) is 9.47. The van der Waals surface area contributed by atoms with Crippen molar-refractivity contribution in [3.8, 4) is 78.6 Å². The van der Waals surface area contributed by atoms with E-state index < -0.39 is 10.8 Å². The number of fused-ring (bicyclic) bond motifs is 15. The minimum atomic E-state index is -0.492. The summed E-state index contributed by atoms with van der Waals surface area (Å²) in [7, 11) is 0. The van der Waals surface area contributed by atoms with Gasteiger partial charge in [0.2, 0.25) is 0 Å². The smallest absolute Gasteiger partial charge is 0.194 e. The van der Waals surface area contributed by atoms with Crippen LogP contribution in [0.1, 0.15) is 44.5 Å². The Hall–Kier alpha value is -9.96. The van der Waals surface area contributed by atoms with Crippen molar-refractivity contribution in [2.24, 2.45) is 0 Å². The molecular formula is C74H47NO2. The molecule has 0 fully saturated rings. The first-order valence-electron chi connectivity index (χ1n) is 26.6. The number of ether oxygens (including phenoxy) is 2. The van der Waals surface area contributed by atoms with Crippen LogP contribution >= 0.6 is 0 Å². The van der Waals surface area contributed by atoms with Crippen LogP contribution in [-0.4, -0.2) is 0 Å². The standard InChI is InChI=1S/C74H47NO2/c1-4-19-48(20-5-1)49-35-40-54(41-36-49)75(55-42-37-50(38-43-55)51-39-44-66-60(45-51)58-27-12-14-29-62(58)73(66,52-21-6-2-7-22-52)53-23-8-3-9-24-53)68-33-18-34-69-72(68)77-70-46-61-59-28-13-17-32-65(59)74(67(61)47-71(70)76-69)63-30-15-10-25-56(63)57-26-11-16-31-64(57)74/h1-47H. The Labute approximate surface area is 448 Å². The minimum Gasteiger partial charge on any atom is -0.449 e. The van der Waals surface area contributed by atoms with Crippen molar-refractivity contribution in [2.75, 3.05) is 4.90 Å². The Morgan fingerprint density at radius 2 is 0.662 bits per heavy atom. The fourth-order valence-corrected chi connectivity index (χ4v) is 13.6. The van der Waals surface area contributed by atoms with Crippen molar-refractivity contribution < 1.29 is 9.47 Å². The summed E-state index contributed by atoms with van der Waals surface area (Å²) in [5.41, 5.74) is 24.1. The highest BCUT2D eigenvalue weighted by Gasteiger charge is 2.52. The quantitative estimate of drug-likeness (QED) is 0.159. The first kappa shape index (κ1) is 43.4. The van der Waals surface area contributed by atoms with Gasteiger partial charge in [-0.15, -0.1) is 0 Å². The van der Waals surface area contributed by atoms with Gasteiger partial charge in [0.1, 0.15) is 0 Å². The average molecular weight is 982 g/mol. The predicted octanol–water partition coefficient (Wildman–Crippen LogP) is 19.1. The first-order chi connectivity index (χ1) is 38.2. The number of hydrogen-bond acceptors (Lipinski definition) is 3. The van der Waals surface area contributed by atoms with Gasteiger partial charge in [-0.3, -0.25) is 0 Å². The van der Waals surface area contributed by atoms with Crippen LogP contribution in [0.5, 0.6) is 23.0 Å². The molecule has 77 heavy (non-hydrogen) atoms. The van der Waals surface area contributed by atoms with E-state index in [1.54, 1.807) is 0 Å². The molecule has 0 N–H and O–H groups in total. The zero-order valence-electron chi connectivity index (χ0n) is 41.9. The molecule has 12 aromatic rings. The molecule has 1 heterocycles. The molecule has 1 spiro atoms. The molecule has 0 bridgehead atoms. The van der Waals surface area contributed by atoms with Gasteiger partial charge in [-0.25, -0.2) is 0 Å². The molecule has 0 atom stereocenters. The van der Waals surface area contributed by atoms with E-state index in [2.05, 4.69) is 284 Å². The molecule has 3 nitrogen and oxygen atoms in total. The minimum absolute atomic E-state index is 0.449. The molecule has 4 aliphatic rings. The molecule has 12 aromatic carbocycles. The van der Waals surface area contributed by atoms with Crippen LogP contribution in [0, 0.1) is 0 Å². The van der Waals surface area contributed by atoms with Crippen LogP contribution in [0.25, 0.3) is 55.6 Å². The second kappa shape index (κ2) is 16.8. The molecule has 0 radical (unpaired) electrons. The van der Waals surface area contributed by atoms with Gasteiger partial charge in [0.05, 0.1) is 16.5 Å². The molecule has 0 saturated carbocycles. The van der Waals surface area contributed by atoms with E-state index >= 15 is 0 Å². The van der Waals surface area contributed by atoms with Crippen molar-refractivity contribution in [1.29, 1.82) is 0 Å². The molecule has 0 amide bonds. The van der Waals surface area contributed by atoms with Crippen molar-refractivity contribution in [2.45, 2.75) is 10.8 Å². The Morgan fingerprint density at radius 1 is 0.247 bits per heavy atom. The summed E-state index contributed by atoms with van der Waals surface area (Å²) in [5.74, 6) is 2.71. The second-order valence-corrected chi connectivity index (χ2v) is 20.6. The maximum atomic E-state index is 7.23. The molecule has 0 saturated heterocycles. The molecule has 1 aliphatic heterocycles. The van der Waals surface area contributed by atoms with Crippen LogP contribution in [-0.2, 0) is 10.8 Å². The second-order valence-electron chi connectivity index (χ2n) is 20.6. The fraction of sp³-hybridized carbons (Fsp3) is 0.0270. The largest absolute Gasteiger partial charge is 0.449 e. The van der Waals surface area contributed by atoms with E-state index in [0.29, 0.717) is 23.0 Å². The fourth-order valence-electron chi connectivity index (χ4n) is 13.6. The van der Waals surface area contributed by atoms with Gasteiger partial charge >= 0.3 is 0 Å². The van der Waals surface area contributed by atoms with E-state index in [9.17, 15) is 0 Å². The summed E-state index contributed by atoms with van der Waals surface area (Å²) in [6.07, 6.45) is 0. The maximum Gasteiger partial charge on any atom is 0.194 e. The zero-order chi connectivity index (χ0) is 50.7. The third-order valence-electron chi connectivity index (χ3n) is 16.8. The van der Waals surface area contributed by atoms with E-state index in [1.165, 1.54) is 77.9 Å². The molecule has 360 valence electrons. The molecule has 3 heteroatoms. The van der Waals surface area contributed by atoms with Gasteiger partial charge < -0.3 is 14.4 Å². The number of benzene rings is 12. The van der Waals surface area contributed by atoms with Crippen LogP contribution in [0.15, 0.2) is 285 Å². The molecule has 0 aromatic heterocycles. The highest BCUT2D eigenvalue weighted by Crippen LogP contribution is 2.65. The summed E-state index contributed by atoms with van der Waals surface area (Å²) in [4.78, 5) is 2.29. The van der Waals surface area contributed by atoms with E-state index in [4.69, 9.17) is 9.47 Å². The van der Waals surface area contributed by atoms with Gasteiger partial charge in [-0.1, -0.05) is 231 Å². The lowest BCUT2D eigenvalue weighted by Crippen LogP contribution is -2.28. The van der Waals surface area contributed by atoms with Gasteiger partial charge in [-0.05, 0) is 155 Å². The lowest BCUT2D eigenvalue weighted by Gasteiger charge is -2.33. The van der Waals surface area contributed by atoms with Crippen LogP contribution in [0.3, 0.4) is 0 Å². The lowest BCUT2D eigenvalue weighted by molar-refractivity contribution is 0.360. The molecule has 3 aliphatic carbocycles. The van der Waals surface area contributed by atoms with Gasteiger partial charge in [-0.2, -0.15) is 0 Å². The van der Waals surface area contributed by atoms with Crippen LogP contribution in [0.2, 0.25) is 0 Å². The number of para-hydroxylation sites is 1. The third kappa shape index (κ3) is 6.20. The topological polar surface area (TPSA) is 21.7 Å². The lowest BCUT2D eigenvalue weighted by atomic mass is 9.67. The van der Waals surface area contributed by atoms with Crippen LogP contribution in [0.4, 0.5) is 17.1 Å². The van der Waals surface area contributed by atoms with Crippen molar-refractivity contribution in [1.82, 2.24) is 0 Å². The van der Waals surface area contributed by atoms with Crippen molar-refractivity contribution >= 4 is 17.1 Å². The summed E-state index contributed by atoms with van der Waals surface area (Å²) < 4.78 is 14.3. The molecule has 0 unspecified atom stereocenters. The number of nitrogens with zero attached hydrogens (tertiary/aromatic N) is 1. The zero-order valence-corrected chi connectivity index (χ0v) is 41.9. The number of hydrogen-bond donors (Lipinski definition) is 0. The van der Waals surface area contributed by atoms with Gasteiger partial charge in [0, 0.05) is 11.4 Å². The predicted molar refractivity (Wildman–Crippen MR) is 312 cm³/mol. The van der Waals surface area contributed by atoms with Crippen molar-refractivity contribution in [3.05, 3.63) is 330 Å². The number of rotatable bonds is 7. The monoisotopic (exact) mass is 981 g/mol. The van der Waals surface area contributed by atoms with E-state index in [-0.39, 0.29) is 0 Å². The third-order valence-corrected chi connectivity index (χ3v) is 16.8. The average Bonchev–Trinajstić information content (AvgIpc) is 4.00. The van der Waals surface area contributed by atoms with Crippen LogP contribution < -0.4 is 14.4 Å². The van der Waals surface area contributed by atoms with Gasteiger partial charge in [0.15, 0.2) is 23.0 Å². The Bertz CT molecular complexity index is 4230. The van der Waals surface area contributed by atoms with Gasteiger partial charge in [0.25, 0.3) is 0 Å². The van der Waals surface area contributed by atoms with E-state index in [1.807, 2.05) is 6.07 Å². The Balaban J connectivity index is 0.811. The summed E-state index contributed by atoms with van der Waals surface area (Å²) >= 11 is 0. The summed E-state index contributed by atoms with van der Waals surface area (Å²) in [6, 6.07) is 104. The molecular weight excluding hydrogens is 935 g/mol. The van der Waals surface area contributed by atoms with Crippen molar-refractivity contribution in [3.63, 3.8) is 0 Å². The highest BCUT2D eigenvalue weighted by atomic mass is 16.6. The number of anilines is 3. The van der Waals surface area contributed by atoms with E-state index in [0.717, 1.165) is 39.3 Å². The molecule has 16 rings (SSSR count). The Morgan fingerprint density at radius 3 is 1.22 bits per heavy atom. The summed E-state index contributed by atoms with van der Waals surface area (Å²) in [5, 5.41) is 0. The first-order valence-corrected chi connectivity index (χ1v) is 26.6. The maximum absolute atomic E-state index is 7.23. The summed E-state index contributed by atoms with van der Waals surface area (Å²) in [6.45, 7) is 0. The highest BCUT2D eigenvalue weighted by molar-refractivity contribution is 5.97. The normalized spacial score (nSPS) is 13.9. The SMILES string of the molecule is c1ccc(-c2ccc(N(c3ccc(-c4ccc5c(c4)-c4ccccc4C5(c4ccccc4)c4ccccc4)cc3)c3cccc4c3Oc3cc5c(cc3O4)C3(c4ccccc4-c4ccccc43)c3ccccc3-5)cc2)cc1.